The van der Waals surface area contributed by atoms with Crippen LogP contribution in [0.3, 0.4) is 0 Å². The van der Waals surface area contributed by atoms with Crippen LogP contribution in [0.4, 0.5) is 0 Å². The van der Waals surface area contributed by atoms with Gasteiger partial charge in [0, 0.05) is 35.2 Å². The molecule has 150 valence electrons. The summed E-state index contributed by atoms with van der Waals surface area (Å²) in [4.78, 5) is 16.2. The molecule has 1 amide bonds. The number of thioether (sulfide) groups is 1. The maximum Gasteiger partial charge on any atom is 0.223 e. The van der Waals surface area contributed by atoms with Gasteiger partial charge in [-0.3, -0.25) is 4.79 Å². The summed E-state index contributed by atoms with van der Waals surface area (Å²) in [6, 6.07) is 12.4. The van der Waals surface area contributed by atoms with Crippen LogP contribution in [-0.2, 0) is 4.79 Å². The third-order valence-corrected chi connectivity index (χ3v) is 6.43. The van der Waals surface area contributed by atoms with Crippen LogP contribution in [0, 0.1) is 13.8 Å². The predicted molar refractivity (Wildman–Crippen MR) is 114 cm³/mol. The normalized spacial score (nSPS) is 16.3. The molecule has 2 aromatic carbocycles. The van der Waals surface area contributed by atoms with Crippen molar-refractivity contribution >= 4 is 17.7 Å². The number of rotatable bonds is 7. The van der Waals surface area contributed by atoms with Gasteiger partial charge in [0.15, 0.2) is 0 Å². The number of carbonyl (C=O) groups excluding carboxylic acids is 1. The summed E-state index contributed by atoms with van der Waals surface area (Å²) >= 11 is 1.75. The fraction of sp³-hybridized carbons (Fsp3) is 0.435. The highest BCUT2D eigenvalue weighted by molar-refractivity contribution is 7.99. The lowest BCUT2D eigenvalue weighted by molar-refractivity contribution is -0.131. The molecular formula is C23H29NO3S. The van der Waals surface area contributed by atoms with Gasteiger partial charge in [0.2, 0.25) is 5.91 Å². The van der Waals surface area contributed by atoms with Crippen LogP contribution in [0.5, 0.6) is 11.5 Å². The zero-order valence-corrected chi connectivity index (χ0v) is 18.0. The molecule has 0 N–H and O–H groups in total. The molecule has 1 unspecified atom stereocenters. The molecule has 2 aromatic rings. The van der Waals surface area contributed by atoms with Crippen LogP contribution < -0.4 is 9.47 Å². The van der Waals surface area contributed by atoms with Crippen molar-refractivity contribution in [3.8, 4) is 11.5 Å². The van der Waals surface area contributed by atoms with Crippen molar-refractivity contribution < 1.29 is 14.3 Å². The number of nitrogens with zero attached hydrogens (tertiary/aromatic N) is 1. The summed E-state index contributed by atoms with van der Waals surface area (Å²) in [5.74, 6) is 2.57. The predicted octanol–water partition coefficient (Wildman–Crippen LogP) is 5.17. The molecule has 3 rings (SSSR count). The SMILES string of the molecule is COc1ccc(C2CCCN2C(=O)CCSc2ccc(C)c(C)c2)c(OC)c1. The maximum absolute atomic E-state index is 12.9. The minimum atomic E-state index is 0.0833. The van der Waals surface area contributed by atoms with E-state index < -0.39 is 0 Å². The lowest BCUT2D eigenvalue weighted by Gasteiger charge is -2.26. The van der Waals surface area contributed by atoms with Gasteiger partial charge in [-0.15, -0.1) is 11.8 Å². The zero-order chi connectivity index (χ0) is 20.1. The number of ether oxygens (including phenoxy) is 2. The highest BCUT2D eigenvalue weighted by atomic mass is 32.2. The number of methoxy groups -OCH3 is 2. The standard InChI is InChI=1S/C23H29NO3S/c1-16-7-9-19(14-17(16)2)28-13-11-23(25)24-12-5-6-21(24)20-10-8-18(26-3)15-22(20)27-4/h7-10,14-15,21H,5-6,11-13H2,1-4H3. The summed E-state index contributed by atoms with van der Waals surface area (Å²) in [5, 5.41) is 0. The van der Waals surface area contributed by atoms with E-state index in [1.54, 1.807) is 26.0 Å². The molecule has 0 saturated carbocycles. The van der Waals surface area contributed by atoms with E-state index in [1.165, 1.54) is 16.0 Å². The van der Waals surface area contributed by atoms with E-state index in [9.17, 15) is 4.79 Å². The number of amides is 1. The van der Waals surface area contributed by atoms with Crippen molar-refractivity contribution in [1.82, 2.24) is 4.90 Å². The highest BCUT2D eigenvalue weighted by Crippen LogP contribution is 2.39. The molecule has 1 aliphatic rings. The minimum Gasteiger partial charge on any atom is -0.497 e. The van der Waals surface area contributed by atoms with E-state index in [0.29, 0.717) is 6.42 Å². The lowest BCUT2D eigenvalue weighted by Crippen LogP contribution is -2.31. The van der Waals surface area contributed by atoms with Gasteiger partial charge in [0.25, 0.3) is 0 Å². The summed E-state index contributed by atoms with van der Waals surface area (Å²) in [5.41, 5.74) is 3.66. The summed E-state index contributed by atoms with van der Waals surface area (Å²) in [6.07, 6.45) is 2.54. The Morgan fingerprint density at radius 3 is 2.64 bits per heavy atom. The van der Waals surface area contributed by atoms with Gasteiger partial charge in [0.05, 0.1) is 20.3 Å². The van der Waals surface area contributed by atoms with E-state index in [0.717, 1.165) is 42.2 Å². The Morgan fingerprint density at radius 1 is 1.11 bits per heavy atom. The Hall–Kier alpha value is -2.14. The molecule has 1 saturated heterocycles. The van der Waals surface area contributed by atoms with Gasteiger partial charge < -0.3 is 14.4 Å². The smallest absolute Gasteiger partial charge is 0.223 e. The van der Waals surface area contributed by atoms with Crippen LogP contribution in [0.2, 0.25) is 0 Å². The second-order valence-electron chi connectivity index (χ2n) is 7.20. The van der Waals surface area contributed by atoms with Gasteiger partial charge in [0.1, 0.15) is 11.5 Å². The van der Waals surface area contributed by atoms with Crippen LogP contribution in [0.25, 0.3) is 0 Å². The monoisotopic (exact) mass is 399 g/mol. The third kappa shape index (κ3) is 4.64. The average Bonchev–Trinajstić information content (AvgIpc) is 3.19. The zero-order valence-electron chi connectivity index (χ0n) is 17.2. The summed E-state index contributed by atoms with van der Waals surface area (Å²) < 4.78 is 10.9. The first-order valence-electron chi connectivity index (χ1n) is 9.75. The van der Waals surface area contributed by atoms with Crippen molar-refractivity contribution in [2.75, 3.05) is 26.5 Å². The van der Waals surface area contributed by atoms with E-state index >= 15 is 0 Å². The number of likely N-dealkylation sites (tertiary alicyclic amines) is 1. The van der Waals surface area contributed by atoms with Crippen LogP contribution >= 0.6 is 11.8 Å². The van der Waals surface area contributed by atoms with E-state index in [2.05, 4.69) is 32.0 Å². The van der Waals surface area contributed by atoms with E-state index in [4.69, 9.17) is 9.47 Å². The molecule has 4 nitrogen and oxygen atoms in total. The Kier molecular flexibility index (Phi) is 6.89. The van der Waals surface area contributed by atoms with Crippen molar-refractivity contribution in [2.24, 2.45) is 0 Å². The number of carbonyl (C=O) groups is 1. The van der Waals surface area contributed by atoms with Gasteiger partial charge in [-0.05, 0) is 62.1 Å². The topological polar surface area (TPSA) is 38.8 Å². The molecule has 28 heavy (non-hydrogen) atoms. The first-order chi connectivity index (χ1) is 13.5. The number of hydrogen-bond donors (Lipinski definition) is 0. The lowest BCUT2D eigenvalue weighted by atomic mass is 10.0. The molecule has 1 fully saturated rings. The van der Waals surface area contributed by atoms with Gasteiger partial charge in [-0.25, -0.2) is 0 Å². The second kappa shape index (κ2) is 9.37. The molecule has 1 atom stereocenters. The Bertz CT molecular complexity index is 837. The fourth-order valence-corrected chi connectivity index (χ4v) is 4.62. The van der Waals surface area contributed by atoms with Crippen LogP contribution in [0.1, 0.15) is 42.0 Å². The molecule has 0 bridgehead atoms. The third-order valence-electron chi connectivity index (χ3n) is 5.44. The first-order valence-corrected chi connectivity index (χ1v) is 10.7. The molecular weight excluding hydrogens is 370 g/mol. The summed E-state index contributed by atoms with van der Waals surface area (Å²) in [6.45, 7) is 5.06. The van der Waals surface area contributed by atoms with E-state index in [-0.39, 0.29) is 11.9 Å². The largest absolute Gasteiger partial charge is 0.497 e. The Balaban J connectivity index is 1.64. The maximum atomic E-state index is 12.9. The number of hydrogen-bond acceptors (Lipinski definition) is 4. The van der Waals surface area contributed by atoms with Crippen molar-refractivity contribution in [3.05, 3.63) is 53.1 Å². The van der Waals surface area contributed by atoms with E-state index in [1.807, 2.05) is 23.1 Å². The van der Waals surface area contributed by atoms with Gasteiger partial charge >= 0.3 is 0 Å². The fourth-order valence-electron chi connectivity index (χ4n) is 3.69. The molecule has 0 spiro atoms. The number of aryl methyl sites for hydroxylation is 2. The minimum absolute atomic E-state index is 0.0833. The summed E-state index contributed by atoms with van der Waals surface area (Å²) in [7, 11) is 3.31. The van der Waals surface area contributed by atoms with Crippen molar-refractivity contribution in [3.63, 3.8) is 0 Å². The quantitative estimate of drug-likeness (QED) is 0.602. The van der Waals surface area contributed by atoms with Crippen LogP contribution in [0.15, 0.2) is 41.3 Å². The van der Waals surface area contributed by atoms with Crippen molar-refractivity contribution in [2.45, 2.75) is 44.0 Å². The molecule has 1 heterocycles. The first kappa shape index (κ1) is 20.6. The van der Waals surface area contributed by atoms with Crippen molar-refractivity contribution in [1.29, 1.82) is 0 Å². The van der Waals surface area contributed by atoms with Gasteiger partial charge in [-0.1, -0.05) is 6.07 Å². The molecule has 0 aliphatic carbocycles. The molecule has 5 heteroatoms. The molecule has 0 radical (unpaired) electrons. The molecule has 1 aliphatic heterocycles. The average molecular weight is 400 g/mol. The Morgan fingerprint density at radius 2 is 1.93 bits per heavy atom. The Labute approximate surface area is 172 Å². The number of benzene rings is 2. The van der Waals surface area contributed by atoms with Gasteiger partial charge in [-0.2, -0.15) is 0 Å². The van der Waals surface area contributed by atoms with Crippen LogP contribution in [-0.4, -0.2) is 37.3 Å². The molecule has 0 aromatic heterocycles. The highest BCUT2D eigenvalue weighted by Gasteiger charge is 2.31. The second-order valence-corrected chi connectivity index (χ2v) is 8.37.